The largest absolute Gasteiger partial charge is 0.481 e. The summed E-state index contributed by atoms with van der Waals surface area (Å²) in [6, 6.07) is 18.8. The van der Waals surface area contributed by atoms with Gasteiger partial charge < -0.3 is 25.0 Å². The van der Waals surface area contributed by atoms with Crippen LogP contribution in [0.15, 0.2) is 73.3 Å². The number of carboxylic acids is 3. The summed E-state index contributed by atoms with van der Waals surface area (Å²) in [4.78, 5) is 37.1. The maximum absolute atomic E-state index is 10.3. The molecule has 4 rings (SSSR count). The molecule has 0 aliphatic carbocycles. The van der Waals surface area contributed by atoms with Crippen molar-refractivity contribution in [2.45, 2.75) is 51.4 Å². The van der Waals surface area contributed by atoms with Crippen LogP contribution in [0, 0.1) is 6.92 Å². The van der Waals surface area contributed by atoms with Gasteiger partial charge in [0.15, 0.2) is 5.60 Å². The Labute approximate surface area is 242 Å². The lowest BCUT2D eigenvalue weighted by atomic mass is 9.96. The number of aryl methyl sites for hydroxylation is 2. The molecule has 13 nitrogen and oxygen atoms in total. The number of nitrogens with one attached hydrogen (secondary N) is 1. The molecule has 4 aromatic rings. The molecule has 2 heterocycles. The number of aromatic amines is 1. The van der Waals surface area contributed by atoms with Gasteiger partial charge in [0.1, 0.15) is 11.4 Å². The molecule has 13 heteroatoms. The molecule has 2 aromatic carbocycles. The second-order valence-electron chi connectivity index (χ2n) is 9.75. The number of carbonyl (C=O) groups is 3. The van der Waals surface area contributed by atoms with Crippen molar-refractivity contribution >= 4 is 17.9 Å². The molecule has 222 valence electrons. The van der Waals surface area contributed by atoms with Crippen LogP contribution >= 0.6 is 0 Å². The van der Waals surface area contributed by atoms with Crippen LogP contribution in [0.4, 0.5) is 0 Å². The molecular formula is C29H34N6O7. The molecule has 42 heavy (non-hydrogen) atoms. The number of hydrogen-bond donors (Lipinski definition) is 5. The highest BCUT2D eigenvalue weighted by molar-refractivity contribution is 5.88. The molecule has 0 spiro atoms. The molecule has 0 amide bonds. The number of aliphatic carboxylic acids is 3. The molecule has 0 bridgehead atoms. The van der Waals surface area contributed by atoms with Crippen LogP contribution in [0.2, 0.25) is 0 Å². The quantitative estimate of drug-likeness (QED) is 0.148. The average Bonchev–Trinajstić information content (AvgIpc) is 3.62. The first kappa shape index (κ1) is 31.6. The van der Waals surface area contributed by atoms with Crippen molar-refractivity contribution in [2.75, 3.05) is 6.54 Å². The van der Waals surface area contributed by atoms with Crippen LogP contribution in [0.25, 0.3) is 11.3 Å². The Bertz CT molecular complexity index is 1420. The van der Waals surface area contributed by atoms with E-state index in [4.69, 9.17) is 20.4 Å². The summed E-state index contributed by atoms with van der Waals surface area (Å²) in [5, 5.41) is 45.5. The van der Waals surface area contributed by atoms with Crippen LogP contribution in [-0.2, 0) is 34.0 Å². The third kappa shape index (κ3) is 9.64. The van der Waals surface area contributed by atoms with Crippen molar-refractivity contribution in [2.24, 2.45) is 0 Å². The third-order valence-electron chi connectivity index (χ3n) is 6.43. The number of carboxylic acid groups (broad SMARTS) is 3. The number of rotatable bonds is 14. The molecule has 0 radical (unpaired) electrons. The first-order valence-corrected chi connectivity index (χ1v) is 13.1. The van der Waals surface area contributed by atoms with Gasteiger partial charge in [-0.1, -0.05) is 54.6 Å². The van der Waals surface area contributed by atoms with Gasteiger partial charge in [0.2, 0.25) is 0 Å². The predicted octanol–water partition coefficient (Wildman–Crippen LogP) is 2.82. The first-order valence-electron chi connectivity index (χ1n) is 13.1. The lowest BCUT2D eigenvalue weighted by Crippen LogP contribution is -2.42. The van der Waals surface area contributed by atoms with E-state index in [1.54, 1.807) is 0 Å². The zero-order valence-electron chi connectivity index (χ0n) is 23.1. The molecule has 0 saturated carbocycles. The number of nitrogens with zero attached hydrogens (tertiary/aromatic N) is 5. The van der Waals surface area contributed by atoms with E-state index >= 15 is 0 Å². The van der Waals surface area contributed by atoms with E-state index in [2.05, 4.69) is 73.2 Å². The van der Waals surface area contributed by atoms with Gasteiger partial charge in [-0.15, -0.1) is 0 Å². The molecule has 0 aliphatic heterocycles. The number of aliphatic hydroxyl groups is 1. The minimum absolute atomic E-state index is 0.749. The first-order chi connectivity index (χ1) is 20.1. The highest BCUT2D eigenvalue weighted by Gasteiger charge is 2.40. The highest BCUT2D eigenvalue weighted by Crippen LogP contribution is 2.22. The standard InChI is InChI=1S/C23H26N6.C6H8O7/c1-19-8-5-6-11-21(19)16-29(14-7-13-28-15-12-24-18-28)17-22-23(26-27-25-22)20-9-3-2-4-10-20;7-3(8)1-6(13,5(11)12)2-4(9)10/h2-6,8-12,15,18H,7,13-14,16-17H2,1H3,(H,25,26,27);13H,1-2H2,(H,7,8)(H,9,10)(H,11,12). The number of hydrogen-bond acceptors (Lipinski definition) is 8. The Balaban J connectivity index is 0.000000316. The molecular weight excluding hydrogens is 544 g/mol. The zero-order chi connectivity index (χ0) is 30.5. The summed E-state index contributed by atoms with van der Waals surface area (Å²) in [5.74, 6) is -5.02. The van der Waals surface area contributed by atoms with Gasteiger partial charge >= 0.3 is 17.9 Å². The van der Waals surface area contributed by atoms with E-state index in [0.29, 0.717) is 0 Å². The lowest BCUT2D eigenvalue weighted by Gasteiger charge is -2.23. The van der Waals surface area contributed by atoms with Crippen LogP contribution in [-0.4, -0.2) is 80.3 Å². The Hall–Kier alpha value is -4.88. The minimum atomic E-state index is -2.74. The molecule has 0 aliphatic rings. The fourth-order valence-corrected chi connectivity index (χ4v) is 4.25. The summed E-state index contributed by atoms with van der Waals surface area (Å²) < 4.78 is 2.12. The lowest BCUT2D eigenvalue weighted by molar-refractivity contribution is -0.170. The van der Waals surface area contributed by atoms with Gasteiger partial charge in [-0.25, -0.2) is 9.78 Å². The van der Waals surface area contributed by atoms with Gasteiger partial charge in [0.05, 0.1) is 19.2 Å². The van der Waals surface area contributed by atoms with Crippen molar-refractivity contribution in [1.29, 1.82) is 0 Å². The fourth-order valence-electron chi connectivity index (χ4n) is 4.25. The molecule has 0 saturated heterocycles. The number of aromatic nitrogens is 5. The summed E-state index contributed by atoms with van der Waals surface area (Å²) >= 11 is 0. The summed E-state index contributed by atoms with van der Waals surface area (Å²) in [6.07, 6.45) is 4.46. The van der Waals surface area contributed by atoms with Crippen molar-refractivity contribution in [3.8, 4) is 11.3 Å². The molecule has 0 fully saturated rings. The maximum atomic E-state index is 10.3. The van der Waals surface area contributed by atoms with Crippen LogP contribution in [0.3, 0.4) is 0 Å². The van der Waals surface area contributed by atoms with Crippen molar-refractivity contribution < 1.29 is 34.8 Å². The highest BCUT2D eigenvalue weighted by atomic mass is 16.4. The van der Waals surface area contributed by atoms with E-state index < -0.39 is 36.4 Å². The zero-order valence-corrected chi connectivity index (χ0v) is 23.1. The van der Waals surface area contributed by atoms with Gasteiger partial charge in [0.25, 0.3) is 0 Å². The number of benzene rings is 2. The number of H-pyrrole nitrogens is 1. The number of imidazole rings is 1. The molecule has 5 N–H and O–H groups in total. The molecule has 0 unspecified atom stereocenters. The molecule has 2 aromatic heterocycles. The fraction of sp³-hybridized carbons (Fsp3) is 0.310. The van der Waals surface area contributed by atoms with E-state index in [1.807, 2.05) is 36.9 Å². The summed E-state index contributed by atoms with van der Waals surface area (Å²) in [5.41, 5.74) is 2.92. The predicted molar refractivity (Wildman–Crippen MR) is 151 cm³/mol. The van der Waals surface area contributed by atoms with Gasteiger partial charge in [0, 0.05) is 44.1 Å². The Morgan fingerprint density at radius 3 is 2.19 bits per heavy atom. The molecule has 0 atom stereocenters. The Morgan fingerprint density at radius 1 is 0.929 bits per heavy atom. The summed E-state index contributed by atoms with van der Waals surface area (Å²) in [7, 11) is 0. The Morgan fingerprint density at radius 2 is 1.60 bits per heavy atom. The van der Waals surface area contributed by atoms with Gasteiger partial charge in [-0.2, -0.15) is 15.4 Å². The average molecular weight is 579 g/mol. The van der Waals surface area contributed by atoms with E-state index in [0.717, 1.165) is 49.6 Å². The van der Waals surface area contributed by atoms with Gasteiger partial charge in [-0.3, -0.25) is 14.5 Å². The summed E-state index contributed by atoms with van der Waals surface area (Å²) in [6.45, 7) is 5.73. The van der Waals surface area contributed by atoms with Crippen molar-refractivity contribution in [3.05, 3.63) is 90.1 Å². The smallest absolute Gasteiger partial charge is 0.336 e. The van der Waals surface area contributed by atoms with Crippen molar-refractivity contribution in [1.82, 2.24) is 29.9 Å². The SMILES string of the molecule is Cc1ccccc1CN(CCCn1ccnc1)Cc1n[nH]nc1-c1ccccc1.O=C(O)CC(O)(CC(=O)O)C(=O)O. The van der Waals surface area contributed by atoms with Crippen LogP contribution in [0.5, 0.6) is 0 Å². The van der Waals surface area contributed by atoms with Crippen molar-refractivity contribution in [3.63, 3.8) is 0 Å². The maximum Gasteiger partial charge on any atom is 0.336 e. The van der Waals surface area contributed by atoms with E-state index in [9.17, 15) is 14.4 Å². The van der Waals surface area contributed by atoms with Crippen LogP contribution in [0.1, 0.15) is 36.1 Å². The Kier molecular flexibility index (Phi) is 11.5. The van der Waals surface area contributed by atoms with Crippen LogP contribution < -0.4 is 0 Å². The van der Waals surface area contributed by atoms with E-state index in [-0.39, 0.29) is 0 Å². The van der Waals surface area contributed by atoms with E-state index in [1.165, 1.54) is 11.1 Å². The second-order valence-corrected chi connectivity index (χ2v) is 9.75. The monoisotopic (exact) mass is 578 g/mol. The minimum Gasteiger partial charge on any atom is -0.481 e. The second kappa shape index (κ2) is 15.2. The topological polar surface area (TPSA) is 195 Å². The normalized spacial score (nSPS) is 11.1. The van der Waals surface area contributed by atoms with Gasteiger partial charge in [-0.05, 0) is 24.5 Å². The third-order valence-corrected chi connectivity index (χ3v) is 6.43.